The molecule has 112 valence electrons. The summed E-state index contributed by atoms with van der Waals surface area (Å²) in [7, 11) is 0. The maximum atomic E-state index is 6.26. The standard InChI is InChI=1S/C16H33N3/c1-3-10-18-11-6-8-16(14-17,9-13-18)19-12-5-7-15(19)4-2/h15H,3-14,17H2,1-2H3. The van der Waals surface area contributed by atoms with Gasteiger partial charge in [0.1, 0.15) is 0 Å². The van der Waals surface area contributed by atoms with Crippen molar-refractivity contribution in [2.75, 3.05) is 32.7 Å². The molecule has 2 aliphatic heterocycles. The van der Waals surface area contributed by atoms with Gasteiger partial charge >= 0.3 is 0 Å². The third-order valence-electron chi connectivity index (χ3n) is 5.39. The van der Waals surface area contributed by atoms with Crippen molar-refractivity contribution in [2.45, 2.75) is 70.4 Å². The predicted molar refractivity (Wildman–Crippen MR) is 82.4 cm³/mol. The molecule has 3 nitrogen and oxygen atoms in total. The van der Waals surface area contributed by atoms with Crippen LogP contribution < -0.4 is 5.73 Å². The molecule has 0 aromatic rings. The van der Waals surface area contributed by atoms with Gasteiger partial charge in [0.2, 0.25) is 0 Å². The number of likely N-dealkylation sites (tertiary alicyclic amines) is 2. The second-order valence-electron chi connectivity index (χ2n) is 6.52. The highest BCUT2D eigenvalue weighted by molar-refractivity contribution is 4.99. The first-order chi connectivity index (χ1) is 9.25. The van der Waals surface area contributed by atoms with Gasteiger partial charge in [-0.2, -0.15) is 0 Å². The minimum Gasteiger partial charge on any atom is -0.329 e. The Hall–Kier alpha value is -0.120. The lowest BCUT2D eigenvalue weighted by atomic mass is 9.87. The number of rotatable bonds is 5. The molecule has 0 radical (unpaired) electrons. The van der Waals surface area contributed by atoms with E-state index in [9.17, 15) is 0 Å². The molecular formula is C16H33N3. The van der Waals surface area contributed by atoms with Gasteiger partial charge in [-0.25, -0.2) is 0 Å². The highest BCUT2D eigenvalue weighted by Crippen LogP contribution is 2.35. The number of hydrogen-bond acceptors (Lipinski definition) is 3. The molecule has 2 N–H and O–H groups in total. The fourth-order valence-corrected chi connectivity index (χ4v) is 4.27. The summed E-state index contributed by atoms with van der Waals surface area (Å²) in [4.78, 5) is 5.44. The maximum absolute atomic E-state index is 6.26. The summed E-state index contributed by atoms with van der Waals surface area (Å²) < 4.78 is 0. The Kier molecular flexibility index (Phi) is 5.67. The normalized spacial score (nSPS) is 34.6. The summed E-state index contributed by atoms with van der Waals surface area (Å²) in [6, 6.07) is 0.793. The van der Waals surface area contributed by atoms with Crippen LogP contribution in [0.25, 0.3) is 0 Å². The van der Waals surface area contributed by atoms with Gasteiger partial charge in [0, 0.05) is 18.1 Å². The molecule has 0 amide bonds. The number of nitrogens with zero attached hydrogens (tertiary/aromatic N) is 2. The van der Waals surface area contributed by atoms with Gasteiger partial charge in [-0.15, -0.1) is 0 Å². The predicted octanol–water partition coefficient (Wildman–Crippen LogP) is 2.45. The van der Waals surface area contributed by atoms with Crippen molar-refractivity contribution in [3.05, 3.63) is 0 Å². The zero-order valence-corrected chi connectivity index (χ0v) is 13.0. The van der Waals surface area contributed by atoms with E-state index >= 15 is 0 Å². The summed E-state index contributed by atoms with van der Waals surface area (Å²) >= 11 is 0. The molecule has 0 aromatic carbocycles. The third kappa shape index (κ3) is 3.32. The molecule has 2 fully saturated rings. The molecule has 2 saturated heterocycles. The molecule has 0 aromatic heterocycles. The third-order valence-corrected chi connectivity index (χ3v) is 5.39. The minimum atomic E-state index is 0.305. The van der Waals surface area contributed by atoms with E-state index in [0.717, 1.165) is 12.6 Å². The second-order valence-corrected chi connectivity index (χ2v) is 6.52. The van der Waals surface area contributed by atoms with E-state index in [-0.39, 0.29) is 0 Å². The lowest BCUT2D eigenvalue weighted by Gasteiger charge is -2.44. The molecule has 0 bridgehead atoms. The van der Waals surface area contributed by atoms with E-state index in [1.165, 1.54) is 71.1 Å². The van der Waals surface area contributed by atoms with Crippen molar-refractivity contribution in [1.29, 1.82) is 0 Å². The molecule has 2 rings (SSSR count). The first kappa shape index (κ1) is 15.3. The number of hydrogen-bond donors (Lipinski definition) is 1. The van der Waals surface area contributed by atoms with Crippen molar-refractivity contribution >= 4 is 0 Å². The molecule has 19 heavy (non-hydrogen) atoms. The van der Waals surface area contributed by atoms with Crippen LogP contribution in [0.1, 0.15) is 58.8 Å². The summed E-state index contributed by atoms with van der Waals surface area (Å²) in [5.74, 6) is 0. The van der Waals surface area contributed by atoms with Gasteiger partial charge in [-0.1, -0.05) is 13.8 Å². The van der Waals surface area contributed by atoms with Crippen LogP contribution in [-0.4, -0.2) is 54.1 Å². The van der Waals surface area contributed by atoms with Crippen molar-refractivity contribution in [1.82, 2.24) is 9.80 Å². The van der Waals surface area contributed by atoms with Crippen LogP contribution in [0.2, 0.25) is 0 Å². The van der Waals surface area contributed by atoms with Gasteiger partial charge in [0.05, 0.1) is 0 Å². The molecule has 2 unspecified atom stereocenters. The highest BCUT2D eigenvalue weighted by Gasteiger charge is 2.41. The molecule has 2 heterocycles. The van der Waals surface area contributed by atoms with Gasteiger partial charge in [0.25, 0.3) is 0 Å². The Labute approximate surface area is 119 Å². The number of nitrogens with two attached hydrogens (primary N) is 1. The summed E-state index contributed by atoms with van der Waals surface area (Å²) in [6.07, 6.45) is 9.23. The van der Waals surface area contributed by atoms with Gasteiger partial charge in [0.15, 0.2) is 0 Å². The molecular weight excluding hydrogens is 234 g/mol. The Bertz CT molecular complexity index is 269. The SMILES string of the molecule is CCCN1CCCC(CN)(N2CCCC2CC)CC1. The van der Waals surface area contributed by atoms with E-state index in [2.05, 4.69) is 23.6 Å². The smallest absolute Gasteiger partial charge is 0.0347 e. The van der Waals surface area contributed by atoms with Crippen LogP contribution in [0.3, 0.4) is 0 Å². The molecule has 0 saturated carbocycles. The molecule has 0 spiro atoms. The van der Waals surface area contributed by atoms with Gasteiger partial charge in [-0.05, 0) is 71.1 Å². The van der Waals surface area contributed by atoms with E-state index in [1.807, 2.05) is 0 Å². The van der Waals surface area contributed by atoms with E-state index < -0.39 is 0 Å². The van der Waals surface area contributed by atoms with Crippen LogP contribution in [0, 0.1) is 0 Å². The Morgan fingerprint density at radius 1 is 1.11 bits per heavy atom. The molecule has 3 heteroatoms. The Morgan fingerprint density at radius 2 is 1.95 bits per heavy atom. The Morgan fingerprint density at radius 3 is 2.63 bits per heavy atom. The zero-order chi connectivity index (χ0) is 13.7. The fourth-order valence-electron chi connectivity index (χ4n) is 4.27. The van der Waals surface area contributed by atoms with Crippen LogP contribution >= 0.6 is 0 Å². The zero-order valence-electron chi connectivity index (χ0n) is 13.0. The average Bonchev–Trinajstić information content (AvgIpc) is 2.82. The quantitative estimate of drug-likeness (QED) is 0.830. The average molecular weight is 267 g/mol. The first-order valence-electron chi connectivity index (χ1n) is 8.45. The fraction of sp³-hybridized carbons (Fsp3) is 1.00. The van der Waals surface area contributed by atoms with E-state index in [0.29, 0.717) is 5.54 Å². The van der Waals surface area contributed by atoms with Crippen molar-refractivity contribution in [2.24, 2.45) is 5.73 Å². The molecule has 0 aliphatic carbocycles. The first-order valence-corrected chi connectivity index (χ1v) is 8.45. The minimum absolute atomic E-state index is 0.305. The van der Waals surface area contributed by atoms with Crippen LogP contribution in [0.15, 0.2) is 0 Å². The summed E-state index contributed by atoms with van der Waals surface area (Å²) in [5, 5.41) is 0. The van der Waals surface area contributed by atoms with Crippen molar-refractivity contribution in [3.63, 3.8) is 0 Å². The molecule has 2 atom stereocenters. The highest BCUT2D eigenvalue weighted by atomic mass is 15.3. The van der Waals surface area contributed by atoms with Gasteiger partial charge in [-0.3, -0.25) is 4.90 Å². The largest absolute Gasteiger partial charge is 0.329 e. The maximum Gasteiger partial charge on any atom is 0.0347 e. The van der Waals surface area contributed by atoms with Crippen LogP contribution in [0.4, 0.5) is 0 Å². The second kappa shape index (κ2) is 7.05. The van der Waals surface area contributed by atoms with E-state index in [1.54, 1.807) is 0 Å². The lowest BCUT2D eigenvalue weighted by Crippen LogP contribution is -2.56. The van der Waals surface area contributed by atoms with Crippen molar-refractivity contribution < 1.29 is 0 Å². The topological polar surface area (TPSA) is 32.5 Å². The van der Waals surface area contributed by atoms with Gasteiger partial charge < -0.3 is 10.6 Å². The molecule has 2 aliphatic rings. The summed E-state index contributed by atoms with van der Waals surface area (Å²) in [6.45, 7) is 10.5. The Balaban J connectivity index is 2.05. The van der Waals surface area contributed by atoms with Crippen LogP contribution in [0.5, 0.6) is 0 Å². The summed E-state index contributed by atoms with van der Waals surface area (Å²) in [5.41, 5.74) is 6.57. The van der Waals surface area contributed by atoms with Crippen LogP contribution in [-0.2, 0) is 0 Å². The van der Waals surface area contributed by atoms with Crippen molar-refractivity contribution in [3.8, 4) is 0 Å². The monoisotopic (exact) mass is 267 g/mol. The van der Waals surface area contributed by atoms with E-state index in [4.69, 9.17) is 5.73 Å². The lowest BCUT2D eigenvalue weighted by molar-refractivity contribution is 0.0635.